The van der Waals surface area contributed by atoms with E-state index in [0.29, 0.717) is 40.9 Å². The Balaban J connectivity index is 1.63. The Kier molecular flexibility index (Phi) is 4.58. The Bertz CT molecular complexity index is 1350. The van der Waals surface area contributed by atoms with Gasteiger partial charge in [0.1, 0.15) is 0 Å². The zero-order valence-electron chi connectivity index (χ0n) is 17.2. The molecular weight excluding hydrogens is 394 g/mol. The predicted molar refractivity (Wildman–Crippen MR) is 117 cm³/mol. The fraction of sp³-hybridized carbons (Fsp3) is 0.208. The van der Waals surface area contributed by atoms with Crippen molar-refractivity contribution >= 4 is 16.8 Å². The van der Waals surface area contributed by atoms with Gasteiger partial charge in [-0.25, -0.2) is 9.67 Å². The molecule has 7 heteroatoms. The lowest BCUT2D eigenvalue weighted by molar-refractivity contribution is 0.0964. The molecule has 2 aromatic heterocycles. The van der Waals surface area contributed by atoms with Crippen LogP contribution >= 0.6 is 0 Å². The average Bonchev–Trinajstić information content (AvgIpc) is 3.16. The number of Topliss-reactive ketones (excluding diaryl/α,β-unsaturated/α-hetero) is 1. The number of para-hydroxylation sites is 1. The van der Waals surface area contributed by atoms with Crippen molar-refractivity contribution in [3.63, 3.8) is 0 Å². The summed E-state index contributed by atoms with van der Waals surface area (Å²) in [4.78, 5) is 30.6. The fourth-order valence-electron chi connectivity index (χ4n) is 4.34. The summed E-state index contributed by atoms with van der Waals surface area (Å²) in [5.74, 6) is 1.18. The molecule has 0 aliphatic heterocycles. The van der Waals surface area contributed by atoms with Crippen LogP contribution in [0, 0.1) is 0 Å². The summed E-state index contributed by atoms with van der Waals surface area (Å²) in [7, 11) is 3.18. The number of hydrogen-bond donors (Lipinski definition) is 1. The second kappa shape index (κ2) is 7.43. The topological polar surface area (TPSA) is 86.2 Å². The first-order valence-corrected chi connectivity index (χ1v) is 10.0. The van der Waals surface area contributed by atoms with Gasteiger partial charge in [-0.2, -0.15) is 0 Å². The van der Waals surface area contributed by atoms with Crippen LogP contribution in [0.3, 0.4) is 0 Å². The molecule has 1 N–H and O–H groups in total. The van der Waals surface area contributed by atoms with Gasteiger partial charge in [0.2, 0.25) is 0 Å². The molecule has 0 fully saturated rings. The van der Waals surface area contributed by atoms with Crippen LogP contribution < -0.4 is 15.0 Å². The lowest BCUT2D eigenvalue weighted by Gasteiger charge is -2.24. The second-order valence-electron chi connectivity index (χ2n) is 7.60. The number of hydrogen-bond acceptors (Lipinski definition) is 5. The third kappa shape index (κ3) is 3.09. The van der Waals surface area contributed by atoms with Gasteiger partial charge in [-0.15, -0.1) is 0 Å². The Hall–Kier alpha value is -3.87. The van der Waals surface area contributed by atoms with Crippen molar-refractivity contribution in [2.45, 2.75) is 18.8 Å². The molecule has 0 spiro atoms. The molecular formula is C24H21N3O4. The van der Waals surface area contributed by atoms with Crippen molar-refractivity contribution in [1.29, 1.82) is 0 Å². The van der Waals surface area contributed by atoms with Crippen molar-refractivity contribution in [1.82, 2.24) is 14.8 Å². The van der Waals surface area contributed by atoms with E-state index in [1.165, 1.54) is 4.68 Å². The summed E-state index contributed by atoms with van der Waals surface area (Å²) in [6, 6.07) is 15.0. The van der Waals surface area contributed by atoms with E-state index in [1.54, 1.807) is 20.4 Å². The molecule has 1 unspecified atom stereocenters. The van der Waals surface area contributed by atoms with Crippen molar-refractivity contribution in [2.24, 2.45) is 0 Å². The number of aromatic amines is 1. The zero-order chi connectivity index (χ0) is 21.5. The summed E-state index contributed by atoms with van der Waals surface area (Å²) in [5.41, 5.74) is 3.25. The standard InChI is InChI=1S/C24H21N3O4/c1-30-20-9-8-14(12-21(20)31-2)15-10-17-18(19(28)11-15)13-25-23-22(17)24(29)27(26-23)16-6-4-3-5-7-16/h3-9,12-13,15H,10-11H2,1-2H3,(H,25,26). The molecule has 1 aliphatic carbocycles. The molecule has 1 atom stereocenters. The van der Waals surface area contributed by atoms with E-state index in [4.69, 9.17) is 9.47 Å². The van der Waals surface area contributed by atoms with Gasteiger partial charge < -0.3 is 9.47 Å². The van der Waals surface area contributed by atoms with Gasteiger partial charge in [-0.05, 0) is 47.7 Å². The molecule has 0 radical (unpaired) electrons. The normalized spacial score (nSPS) is 15.7. The van der Waals surface area contributed by atoms with E-state index in [9.17, 15) is 9.59 Å². The van der Waals surface area contributed by atoms with Crippen LogP contribution in [0.25, 0.3) is 16.7 Å². The summed E-state index contributed by atoms with van der Waals surface area (Å²) >= 11 is 0. The molecule has 156 valence electrons. The number of carbonyl (C=O) groups excluding carboxylic acids is 1. The number of carbonyl (C=O) groups is 1. The Morgan fingerprint density at radius 3 is 2.52 bits per heavy atom. The van der Waals surface area contributed by atoms with Crippen LogP contribution in [0.4, 0.5) is 0 Å². The molecule has 7 nitrogen and oxygen atoms in total. The molecule has 31 heavy (non-hydrogen) atoms. The van der Waals surface area contributed by atoms with Gasteiger partial charge >= 0.3 is 0 Å². The second-order valence-corrected chi connectivity index (χ2v) is 7.60. The number of H-pyrrole nitrogens is 1. The molecule has 0 bridgehead atoms. The summed E-state index contributed by atoms with van der Waals surface area (Å²) in [5, 5.41) is 3.55. The van der Waals surface area contributed by atoms with Crippen LogP contribution in [0.15, 0.2) is 59.5 Å². The molecule has 5 rings (SSSR count). The number of rotatable bonds is 4. The van der Waals surface area contributed by atoms with E-state index in [1.807, 2.05) is 48.5 Å². The van der Waals surface area contributed by atoms with Crippen molar-refractivity contribution in [2.75, 3.05) is 14.2 Å². The van der Waals surface area contributed by atoms with Gasteiger partial charge in [0, 0.05) is 18.2 Å². The zero-order valence-corrected chi connectivity index (χ0v) is 17.2. The predicted octanol–water partition coefficient (Wildman–Crippen LogP) is 3.64. The summed E-state index contributed by atoms with van der Waals surface area (Å²) < 4.78 is 12.2. The number of benzene rings is 2. The van der Waals surface area contributed by atoms with Crippen molar-refractivity contribution < 1.29 is 14.3 Å². The molecule has 4 aromatic rings. The minimum atomic E-state index is -0.202. The van der Waals surface area contributed by atoms with Crippen molar-refractivity contribution in [3.8, 4) is 17.2 Å². The summed E-state index contributed by atoms with van der Waals surface area (Å²) in [6.45, 7) is 0. The molecule has 2 heterocycles. The van der Waals surface area contributed by atoms with Crippen LogP contribution in [-0.4, -0.2) is 34.8 Å². The number of ketones is 1. The average molecular weight is 415 g/mol. The third-order valence-corrected chi connectivity index (χ3v) is 5.90. The molecule has 0 saturated carbocycles. The van der Waals surface area contributed by atoms with Gasteiger partial charge in [0.15, 0.2) is 22.9 Å². The minimum absolute atomic E-state index is 0.0118. The van der Waals surface area contributed by atoms with Gasteiger partial charge in [0.25, 0.3) is 5.56 Å². The maximum Gasteiger partial charge on any atom is 0.281 e. The lowest BCUT2D eigenvalue weighted by atomic mass is 9.79. The first-order valence-electron chi connectivity index (χ1n) is 10.0. The maximum atomic E-state index is 13.3. The van der Waals surface area contributed by atoms with Crippen LogP contribution in [0.5, 0.6) is 11.5 Å². The number of ether oxygens (including phenoxy) is 2. The first-order chi connectivity index (χ1) is 15.1. The number of nitrogens with zero attached hydrogens (tertiary/aromatic N) is 2. The van der Waals surface area contributed by atoms with E-state index >= 15 is 0 Å². The summed E-state index contributed by atoms with van der Waals surface area (Å²) in [6.07, 6.45) is 2.50. The lowest BCUT2D eigenvalue weighted by Crippen LogP contribution is -2.22. The van der Waals surface area contributed by atoms with Gasteiger partial charge in [-0.3, -0.25) is 14.7 Å². The Morgan fingerprint density at radius 1 is 1.00 bits per heavy atom. The number of methoxy groups -OCH3 is 2. The van der Waals surface area contributed by atoms with Crippen LogP contribution in [0.1, 0.15) is 33.8 Å². The Labute approximate surface area is 178 Å². The smallest absolute Gasteiger partial charge is 0.281 e. The highest BCUT2D eigenvalue weighted by atomic mass is 16.5. The maximum absolute atomic E-state index is 13.3. The quantitative estimate of drug-likeness (QED) is 0.550. The van der Waals surface area contributed by atoms with Crippen LogP contribution in [-0.2, 0) is 6.42 Å². The van der Waals surface area contributed by atoms with Crippen LogP contribution in [0.2, 0.25) is 0 Å². The Morgan fingerprint density at radius 2 is 1.77 bits per heavy atom. The fourth-order valence-corrected chi connectivity index (χ4v) is 4.34. The van der Waals surface area contributed by atoms with E-state index in [2.05, 4.69) is 10.1 Å². The van der Waals surface area contributed by atoms with E-state index in [-0.39, 0.29) is 17.3 Å². The highest BCUT2D eigenvalue weighted by Gasteiger charge is 2.30. The highest BCUT2D eigenvalue weighted by Crippen LogP contribution is 2.38. The SMILES string of the molecule is COc1ccc(C2CC(=O)c3cnc4[nH]n(-c5ccccc5)c(=O)c4c3C2)cc1OC. The van der Waals surface area contributed by atoms with E-state index in [0.717, 1.165) is 16.8 Å². The largest absolute Gasteiger partial charge is 0.493 e. The molecule has 0 saturated heterocycles. The van der Waals surface area contributed by atoms with E-state index < -0.39 is 0 Å². The third-order valence-electron chi connectivity index (χ3n) is 5.90. The number of nitrogens with one attached hydrogen (secondary N) is 1. The van der Waals surface area contributed by atoms with Gasteiger partial charge in [0.05, 0.1) is 25.3 Å². The molecule has 2 aromatic carbocycles. The first kappa shape index (κ1) is 19.1. The highest BCUT2D eigenvalue weighted by molar-refractivity contribution is 6.02. The number of fused-ring (bicyclic) bond motifs is 3. The minimum Gasteiger partial charge on any atom is -0.493 e. The van der Waals surface area contributed by atoms with Gasteiger partial charge in [-0.1, -0.05) is 24.3 Å². The molecule has 1 aliphatic rings. The number of aromatic nitrogens is 3. The number of pyridine rings is 1. The van der Waals surface area contributed by atoms with Crippen molar-refractivity contribution in [3.05, 3.63) is 81.8 Å². The monoisotopic (exact) mass is 415 g/mol. The molecule has 0 amide bonds.